The van der Waals surface area contributed by atoms with E-state index in [9.17, 15) is 18.4 Å². The molecule has 7 nitrogen and oxygen atoms in total. The van der Waals surface area contributed by atoms with E-state index >= 15 is 0 Å². The van der Waals surface area contributed by atoms with Crippen molar-refractivity contribution in [2.24, 2.45) is 0 Å². The molecule has 2 amide bonds. The van der Waals surface area contributed by atoms with Crippen LogP contribution in [0.1, 0.15) is 41.4 Å². The van der Waals surface area contributed by atoms with Crippen LogP contribution in [0.2, 0.25) is 0 Å². The average Bonchev–Trinajstić information content (AvgIpc) is 3.27. The minimum Gasteiger partial charge on any atom is -0.355 e. The number of pyridine rings is 1. The Kier molecular flexibility index (Phi) is 6.07. The van der Waals surface area contributed by atoms with Crippen molar-refractivity contribution >= 4 is 23.2 Å². The first-order valence-corrected chi connectivity index (χ1v) is 12.0. The summed E-state index contributed by atoms with van der Waals surface area (Å²) in [6.07, 6.45) is 5.56. The van der Waals surface area contributed by atoms with E-state index < -0.39 is 11.2 Å². The van der Waals surface area contributed by atoms with Gasteiger partial charge in [-0.3, -0.25) is 14.6 Å². The fraction of sp³-hybridized carbons (Fsp3) is 0.296. The van der Waals surface area contributed by atoms with Crippen LogP contribution in [0.5, 0.6) is 0 Å². The zero-order chi connectivity index (χ0) is 25.4. The SMILES string of the molecule is C=CC(=O)N1CCC2(CC1)CNC(=O)c1c2[nH]c(-c2ccncc2F)c1Nc1cccc(F)c1CC. The number of fused-ring (bicyclic) bond motifs is 2. The molecule has 1 aromatic carbocycles. The van der Waals surface area contributed by atoms with Gasteiger partial charge in [0.25, 0.3) is 5.91 Å². The van der Waals surface area contributed by atoms with E-state index in [-0.39, 0.29) is 23.2 Å². The smallest absolute Gasteiger partial charge is 0.255 e. The number of H-pyrrole nitrogens is 1. The van der Waals surface area contributed by atoms with Gasteiger partial charge in [0.2, 0.25) is 5.91 Å². The van der Waals surface area contributed by atoms with Crippen LogP contribution in [0.4, 0.5) is 20.2 Å². The predicted molar refractivity (Wildman–Crippen MR) is 133 cm³/mol. The van der Waals surface area contributed by atoms with E-state index in [1.165, 1.54) is 18.3 Å². The Labute approximate surface area is 207 Å². The summed E-state index contributed by atoms with van der Waals surface area (Å²) >= 11 is 0. The normalized spacial score (nSPS) is 16.4. The first kappa shape index (κ1) is 23.7. The molecule has 9 heteroatoms. The van der Waals surface area contributed by atoms with Crippen molar-refractivity contribution in [3.63, 3.8) is 0 Å². The number of benzene rings is 1. The molecule has 1 spiro atoms. The van der Waals surface area contributed by atoms with E-state index in [1.54, 1.807) is 23.1 Å². The number of hydrogen-bond acceptors (Lipinski definition) is 4. The molecule has 0 saturated carbocycles. The van der Waals surface area contributed by atoms with Gasteiger partial charge < -0.3 is 20.5 Å². The number of nitrogens with zero attached hydrogens (tertiary/aromatic N) is 2. The maximum Gasteiger partial charge on any atom is 0.255 e. The Morgan fingerprint density at radius 2 is 2.03 bits per heavy atom. The third kappa shape index (κ3) is 3.84. The third-order valence-electron chi connectivity index (χ3n) is 7.33. The van der Waals surface area contributed by atoms with Crippen molar-refractivity contribution in [2.45, 2.75) is 31.6 Å². The summed E-state index contributed by atoms with van der Waals surface area (Å²) in [7, 11) is 0. The molecule has 1 fully saturated rings. The predicted octanol–water partition coefficient (Wildman–Crippen LogP) is 4.45. The number of carbonyl (C=O) groups excluding carboxylic acids is 2. The second-order valence-electron chi connectivity index (χ2n) is 9.22. The van der Waals surface area contributed by atoms with E-state index in [0.29, 0.717) is 72.8 Å². The molecule has 4 heterocycles. The molecule has 36 heavy (non-hydrogen) atoms. The van der Waals surface area contributed by atoms with Crippen LogP contribution in [0.3, 0.4) is 0 Å². The Hall–Kier alpha value is -4.01. The molecule has 0 atom stereocenters. The lowest BCUT2D eigenvalue weighted by atomic mass is 9.72. The molecule has 2 aromatic heterocycles. The standard InChI is InChI=1S/C27H27F2N5O2/c1-3-16-18(28)6-5-7-20(16)32-24-22-25(33-23(24)17-8-11-30-14-19(17)29)27(15-31-26(22)36)9-12-34(13-10-27)21(35)4-2/h4-8,11,14,32-33H,2-3,9-10,12-13,15H2,1H3,(H,31,36). The number of piperidine rings is 1. The Morgan fingerprint density at radius 1 is 1.25 bits per heavy atom. The molecule has 0 unspecified atom stereocenters. The molecule has 2 aliphatic rings. The van der Waals surface area contributed by atoms with Crippen LogP contribution in [0, 0.1) is 11.6 Å². The summed E-state index contributed by atoms with van der Waals surface area (Å²) in [5.74, 6) is -1.33. The number of anilines is 2. The van der Waals surface area contributed by atoms with Gasteiger partial charge in [0.05, 0.1) is 23.1 Å². The Bertz CT molecular complexity index is 1360. The summed E-state index contributed by atoms with van der Waals surface area (Å²) in [5, 5.41) is 6.26. The number of amides is 2. The van der Waals surface area contributed by atoms with Gasteiger partial charge in [0, 0.05) is 53.8 Å². The van der Waals surface area contributed by atoms with E-state index in [0.717, 1.165) is 6.20 Å². The van der Waals surface area contributed by atoms with Crippen molar-refractivity contribution < 1.29 is 18.4 Å². The van der Waals surface area contributed by atoms with Gasteiger partial charge in [-0.2, -0.15) is 0 Å². The molecule has 3 aromatic rings. The quantitative estimate of drug-likeness (QED) is 0.460. The highest BCUT2D eigenvalue weighted by molar-refractivity contribution is 6.07. The maximum absolute atomic E-state index is 15.0. The van der Waals surface area contributed by atoms with Gasteiger partial charge in [-0.1, -0.05) is 19.6 Å². The van der Waals surface area contributed by atoms with Gasteiger partial charge in [-0.05, 0) is 43.5 Å². The van der Waals surface area contributed by atoms with Gasteiger partial charge in [0.15, 0.2) is 5.82 Å². The zero-order valence-electron chi connectivity index (χ0n) is 20.0. The summed E-state index contributed by atoms with van der Waals surface area (Å²) < 4.78 is 29.5. The highest BCUT2D eigenvalue weighted by Crippen LogP contribution is 2.46. The van der Waals surface area contributed by atoms with Gasteiger partial charge in [-0.25, -0.2) is 8.78 Å². The highest BCUT2D eigenvalue weighted by Gasteiger charge is 2.46. The number of aromatic amines is 1. The largest absolute Gasteiger partial charge is 0.355 e. The maximum atomic E-state index is 15.0. The van der Waals surface area contributed by atoms with Crippen LogP contribution in [-0.2, 0) is 16.6 Å². The molecule has 3 N–H and O–H groups in total. The van der Waals surface area contributed by atoms with Gasteiger partial charge in [-0.15, -0.1) is 0 Å². The third-order valence-corrected chi connectivity index (χ3v) is 7.33. The number of hydrogen-bond donors (Lipinski definition) is 3. The van der Waals surface area contributed by atoms with Crippen LogP contribution in [0.25, 0.3) is 11.3 Å². The molecule has 0 radical (unpaired) electrons. The molecule has 5 rings (SSSR count). The van der Waals surface area contributed by atoms with Crippen molar-refractivity contribution in [2.75, 3.05) is 25.0 Å². The minimum absolute atomic E-state index is 0.128. The number of halogens is 2. The Morgan fingerprint density at radius 3 is 2.72 bits per heavy atom. The average molecular weight is 492 g/mol. The number of aromatic nitrogens is 2. The molecule has 2 aliphatic heterocycles. The van der Waals surface area contributed by atoms with E-state index in [1.807, 2.05) is 6.92 Å². The lowest BCUT2D eigenvalue weighted by Crippen LogP contribution is -2.53. The Balaban J connectivity index is 1.67. The number of carbonyl (C=O) groups is 2. The first-order chi connectivity index (χ1) is 17.4. The van der Waals surface area contributed by atoms with Crippen molar-refractivity contribution in [3.05, 3.63) is 77.8 Å². The van der Waals surface area contributed by atoms with E-state index in [2.05, 4.69) is 27.2 Å². The molecule has 186 valence electrons. The van der Waals surface area contributed by atoms with Crippen molar-refractivity contribution in [1.29, 1.82) is 0 Å². The molecular weight excluding hydrogens is 464 g/mol. The van der Waals surface area contributed by atoms with Crippen molar-refractivity contribution in [3.8, 4) is 11.3 Å². The molecule has 0 bridgehead atoms. The molecule has 0 aliphatic carbocycles. The summed E-state index contributed by atoms with van der Waals surface area (Å²) in [6, 6.07) is 6.26. The summed E-state index contributed by atoms with van der Waals surface area (Å²) in [5.41, 5.74) is 2.61. The lowest BCUT2D eigenvalue weighted by molar-refractivity contribution is -0.127. The highest BCUT2D eigenvalue weighted by atomic mass is 19.1. The zero-order valence-corrected chi connectivity index (χ0v) is 20.0. The van der Waals surface area contributed by atoms with Gasteiger partial charge in [0.1, 0.15) is 5.82 Å². The summed E-state index contributed by atoms with van der Waals surface area (Å²) in [4.78, 5) is 34.4. The van der Waals surface area contributed by atoms with Crippen LogP contribution in [0.15, 0.2) is 49.3 Å². The van der Waals surface area contributed by atoms with E-state index in [4.69, 9.17) is 0 Å². The minimum atomic E-state index is -0.546. The fourth-order valence-electron chi connectivity index (χ4n) is 5.34. The summed E-state index contributed by atoms with van der Waals surface area (Å²) in [6.45, 7) is 6.83. The second-order valence-corrected chi connectivity index (χ2v) is 9.22. The fourth-order valence-corrected chi connectivity index (χ4v) is 5.34. The monoisotopic (exact) mass is 491 g/mol. The van der Waals surface area contributed by atoms with Crippen molar-refractivity contribution in [1.82, 2.24) is 20.2 Å². The van der Waals surface area contributed by atoms with Crippen LogP contribution < -0.4 is 10.6 Å². The second kappa shape index (κ2) is 9.22. The molecular formula is C27H27F2N5O2. The number of likely N-dealkylation sites (tertiary alicyclic amines) is 1. The molecule has 1 saturated heterocycles. The first-order valence-electron chi connectivity index (χ1n) is 12.0. The lowest BCUT2D eigenvalue weighted by Gasteiger charge is -2.43. The number of nitrogens with one attached hydrogen (secondary N) is 3. The number of rotatable bonds is 5. The topological polar surface area (TPSA) is 90.1 Å². The van der Waals surface area contributed by atoms with Crippen LogP contribution >= 0.6 is 0 Å². The van der Waals surface area contributed by atoms with Gasteiger partial charge >= 0.3 is 0 Å². The van der Waals surface area contributed by atoms with Crippen LogP contribution in [-0.4, -0.2) is 46.3 Å².